The van der Waals surface area contributed by atoms with Crippen molar-refractivity contribution in [2.75, 3.05) is 4.90 Å². The molecule has 0 saturated carbocycles. The summed E-state index contributed by atoms with van der Waals surface area (Å²) in [5.74, 6) is -1.18. The van der Waals surface area contributed by atoms with Gasteiger partial charge in [0.2, 0.25) is 0 Å². The molecule has 2 N–H and O–H groups in total. The van der Waals surface area contributed by atoms with Gasteiger partial charge in [0.05, 0.1) is 28.5 Å². The van der Waals surface area contributed by atoms with Crippen molar-refractivity contribution in [2.24, 2.45) is 0 Å². The number of nitrogens with one attached hydrogen (secondary N) is 2. The number of fused-ring (bicyclic) bond motifs is 2. The Bertz CT molecular complexity index is 1410. The fraction of sp³-hybridized carbons (Fsp3) is 0.208. The maximum absolute atomic E-state index is 15.4. The van der Waals surface area contributed by atoms with Crippen LogP contribution in [0.5, 0.6) is 0 Å². The number of aromatic amines is 1. The first kappa shape index (κ1) is 20.0. The zero-order valence-corrected chi connectivity index (χ0v) is 17.9. The number of carbonyl (C=O) groups excluding carboxylic acids is 1. The van der Waals surface area contributed by atoms with Gasteiger partial charge in [0.15, 0.2) is 5.65 Å². The van der Waals surface area contributed by atoms with Gasteiger partial charge in [-0.3, -0.25) is 14.3 Å². The van der Waals surface area contributed by atoms with Crippen LogP contribution in [0.25, 0.3) is 16.9 Å². The number of benzene rings is 2. The molecule has 7 nitrogen and oxygen atoms in total. The van der Waals surface area contributed by atoms with Crippen molar-refractivity contribution in [1.82, 2.24) is 19.9 Å². The highest BCUT2D eigenvalue weighted by Crippen LogP contribution is 2.40. The van der Waals surface area contributed by atoms with Gasteiger partial charge in [-0.05, 0) is 50.6 Å². The highest BCUT2D eigenvalue weighted by molar-refractivity contribution is 6.03. The van der Waals surface area contributed by atoms with Crippen molar-refractivity contribution in [3.63, 3.8) is 0 Å². The molecule has 1 unspecified atom stereocenters. The van der Waals surface area contributed by atoms with E-state index in [1.165, 1.54) is 10.6 Å². The number of H-pyrrole nitrogens is 1. The Labute approximate surface area is 183 Å². The van der Waals surface area contributed by atoms with Crippen LogP contribution < -0.4 is 15.9 Å². The molecule has 0 fully saturated rings. The molecule has 0 spiro atoms. The molecule has 1 aliphatic rings. The predicted molar refractivity (Wildman–Crippen MR) is 121 cm³/mol. The van der Waals surface area contributed by atoms with E-state index < -0.39 is 23.1 Å². The van der Waals surface area contributed by atoms with Gasteiger partial charge in [-0.25, -0.2) is 14.2 Å². The number of anilines is 1. The minimum Gasteiger partial charge on any atom is -0.342 e. The average Bonchev–Trinajstić information content (AvgIpc) is 3.08. The normalized spacial score (nSPS) is 16.0. The van der Waals surface area contributed by atoms with E-state index in [0.29, 0.717) is 22.5 Å². The number of pyridine rings is 1. The first-order valence-electron chi connectivity index (χ1n) is 10.3. The number of amides is 1. The first-order chi connectivity index (χ1) is 15.3. The van der Waals surface area contributed by atoms with E-state index in [-0.39, 0.29) is 11.6 Å². The van der Waals surface area contributed by atoms with E-state index in [1.807, 2.05) is 56.0 Å². The lowest BCUT2D eigenvalue weighted by Gasteiger charge is -2.48. The standard InChI is InChI=1S/C24H22FN5O2/c1-14(15-8-5-4-6-9-15)30-19-13-16(12-17(25)20(19)22(31)28-24(30,2)3)29-18-10-7-11-26-21(18)27-23(29)32/h4-14H,1-3H3,(H,28,31)(H,26,27,32). The van der Waals surface area contributed by atoms with Gasteiger partial charge in [-0.2, -0.15) is 0 Å². The molecular weight excluding hydrogens is 409 g/mol. The smallest absolute Gasteiger partial charge is 0.332 e. The summed E-state index contributed by atoms with van der Waals surface area (Å²) in [7, 11) is 0. The molecule has 1 amide bonds. The summed E-state index contributed by atoms with van der Waals surface area (Å²) in [6, 6.07) is 16.0. The van der Waals surface area contributed by atoms with E-state index in [9.17, 15) is 9.59 Å². The van der Waals surface area contributed by atoms with Crippen LogP contribution in [0.2, 0.25) is 0 Å². The van der Waals surface area contributed by atoms with Crippen LogP contribution in [0.1, 0.15) is 42.7 Å². The fourth-order valence-corrected chi connectivity index (χ4v) is 4.59. The highest BCUT2D eigenvalue weighted by atomic mass is 19.1. The van der Waals surface area contributed by atoms with Crippen molar-refractivity contribution in [1.29, 1.82) is 0 Å². The number of carbonyl (C=O) groups is 1. The monoisotopic (exact) mass is 431 g/mol. The third-order valence-corrected chi connectivity index (χ3v) is 5.95. The maximum atomic E-state index is 15.4. The van der Waals surface area contributed by atoms with Gasteiger partial charge in [0.1, 0.15) is 11.5 Å². The van der Waals surface area contributed by atoms with Gasteiger partial charge in [-0.1, -0.05) is 30.3 Å². The molecule has 1 aliphatic heterocycles. The van der Waals surface area contributed by atoms with Crippen LogP contribution >= 0.6 is 0 Å². The maximum Gasteiger partial charge on any atom is 0.332 e. The Balaban J connectivity index is 1.76. The molecule has 8 heteroatoms. The zero-order chi connectivity index (χ0) is 22.6. The molecular formula is C24H22FN5O2. The van der Waals surface area contributed by atoms with Crippen molar-refractivity contribution in [2.45, 2.75) is 32.5 Å². The molecule has 1 atom stereocenters. The molecule has 2 aromatic carbocycles. The number of halogens is 1. The van der Waals surface area contributed by atoms with E-state index >= 15 is 4.39 Å². The summed E-state index contributed by atoms with van der Waals surface area (Å²) >= 11 is 0. The summed E-state index contributed by atoms with van der Waals surface area (Å²) in [5.41, 5.74) is 1.43. The van der Waals surface area contributed by atoms with E-state index in [4.69, 9.17) is 0 Å². The molecule has 0 saturated heterocycles. The number of rotatable bonds is 3. The quantitative estimate of drug-likeness (QED) is 0.515. The molecule has 32 heavy (non-hydrogen) atoms. The lowest BCUT2D eigenvalue weighted by molar-refractivity contribution is 0.0888. The molecule has 4 aromatic rings. The van der Waals surface area contributed by atoms with E-state index in [2.05, 4.69) is 15.3 Å². The van der Waals surface area contributed by atoms with Crippen LogP contribution in [0.3, 0.4) is 0 Å². The Morgan fingerprint density at radius 1 is 1.06 bits per heavy atom. The fourth-order valence-electron chi connectivity index (χ4n) is 4.59. The van der Waals surface area contributed by atoms with Crippen LogP contribution in [-0.2, 0) is 0 Å². The van der Waals surface area contributed by atoms with Crippen LogP contribution in [0.15, 0.2) is 65.6 Å². The van der Waals surface area contributed by atoms with Crippen LogP contribution in [0, 0.1) is 5.82 Å². The van der Waals surface area contributed by atoms with Gasteiger partial charge in [0, 0.05) is 6.20 Å². The number of hydrogen-bond donors (Lipinski definition) is 2. The molecule has 5 rings (SSSR count). The molecule has 0 bridgehead atoms. The Morgan fingerprint density at radius 2 is 1.81 bits per heavy atom. The molecule has 3 heterocycles. The summed E-state index contributed by atoms with van der Waals surface area (Å²) in [6.45, 7) is 5.75. The topological polar surface area (TPSA) is 83.0 Å². The van der Waals surface area contributed by atoms with Crippen molar-refractivity contribution in [3.8, 4) is 5.69 Å². The number of hydrogen-bond acceptors (Lipinski definition) is 4. The summed E-state index contributed by atoms with van der Waals surface area (Å²) in [4.78, 5) is 34.4. The minimum absolute atomic E-state index is 0.0399. The number of imidazole rings is 1. The summed E-state index contributed by atoms with van der Waals surface area (Å²) in [6.07, 6.45) is 1.58. The molecule has 2 aromatic heterocycles. The largest absolute Gasteiger partial charge is 0.342 e. The predicted octanol–water partition coefficient (Wildman–Crippen LogP) is 3.90. The molecule has 0 aliphatic carbocycles. The third-order valence-electron chi connectivity index (χ3n) is 5.95. The Hall–Kier alpha value is -3.94. The second kappa shape index (κ2) is 7.05. The van der Waals surface area contributed by atoms with Crippen molar-refractivity contribution >= 4 is 22.8 Å². The Morgan fingerprint density at radius 3 is 2.56 bits per heavy atom. The Kier molecular flexibility index (Phi) is 4.40. The third kappa shape index (κ3) is 2.98. The average molecular weight is 431 g/mol. The van der Waals surface area contributed by atoms with Gasteiger partial charge in [-0.15, -0.1) is 0 Å². The van der Waals surface area contributed by atoms with Gasteiger partial charge in [0.25, 0.3) is 5.91 Å². The second-order valence-electron chi connectivity index (χ2n) is 8.43. The molecule has 162 valence electrons. The van der Waals surface area contributed by atoms with Crippen LogP contribution in [0.4, 0.5) is 10.1 Å². The van der Waals surface area contributed by atoms with Crippen LogP contribution in [-0.4, -0.2) is 26.1 Å². The van der Waals surface area contributed by atoms with Gasteiger partial charge < -0.3 is 10.2 Å². The SMILES string of the molecule is CC(c1ccccc1)N1c2cc(-n3c(=O)[nH]c4ncccc43)cc(F)c2C(=O)NC1(C)C. The van der Waals surface area contributed by atoms with Crippen molar-refractivity contribution in [3.05, 3.63) is 88.2 Å². The van der Waals surface area contributed by atoms with E-state index in [1.54, 1.807) is 24.4 Å². The number of nitrogens with zero attached hydrogens (tertiary/aromatic N) is 3. The minimum atomic E-state index is -0.795. The lowest BCUT2D eigenvalue weighted by Crippen LogP contribution is -2.61. The number of aromatic nitrogens is 3. The summed E-state index contributed by atoms with van der Waals surface area (Å²) in [5, 5.41) is 2.91. The van der Waals surface area contributed by atoms with Gasteiger partial charge >= 0.3 is 5.69 Å². The zero-order valence-electron chi connectivity index (χ0n) is 17.9. The second-order valence-corrected chi connectivity index (χ2v) is 8.43. The highest BCUT2D eigenvalue weighted by Gasteiger charge is 2.41. The summed E-state index contributed by atoms with van der Waals surface area (Å²) < 4.78 is 16.7. The first-order valence-corrected chi connectivity index (χ1v) is 10.3. The van der Waals surface area contributed by atoms with Crippen molar-refractivity contribution < 1.29 is 9.18 Å². The lowest BCUT2D eigenvalue weighted by atomic mass is 9.95. The molecule has 0 radical (unpaired) electrons. The van der Waals surface area contributed by atoms with E-state index in [0.717, 1.165) is 5.56 Å².